The number of anilines is 1. The third-order valence-electron chi connectivity index (χ3n) is 14.3. The van der Waals surface area contributed by atoms with Crippen LogP contribution in [-0.4, -0.2) is 22.9 Å². The molecule has 1 amide bonds. The maximum absolute atomic E-state index is 14.5. The van der Waals surface area contributed by atoms with E-state index < -0.39 is 0 Å². The van der Waals surface area contributed by atoms with Crippen LogP contribution in [-0.2, 0) is 9.59 Å². The van der Waals surface area contributed by atoms with Crippen molar-refractivity contribution < 1.29 is 14.7 Å². The van der Waals surface area contributed by atoms with Gasteiger partial charge in [0.15, 0.2) is 5.78 Å². The first kappa shape index (κ1) is 30.6. The fraction of sp³-hybridized carbons (Fsp3) is 0.684. The van der Waals surface area contributed by atoms with E-state index in [1.165, 1.54) is 12.0 Å². The Kier molecular flexibility index (Phi) is 7.16. The molecule has 5 aliphatic carbocycles. The Morgan fingerprint density at radius 1 is 0.907 bits per heavy atom. The first-order valence-corrected chi connectivity index (χ1v) is 16.8. The van der Waals surface area contributed by atoms with Crippen LogP contribution in [0.5, 0.6) is 0 Å². The Bertz CT molecular complexity index is 1350. The van der Waals surface area contributed by atoms with Gasteiger partial charge in [0.1, 0.15) is 0 Å². The molecular weight excluding hydrogens is 532 g/mol. The highest BCUT2D eigenvalue weighted by atomic mass is 16.3. The number of amides is 1. The van der Waals surface area contributed by atoms with Crippen molar-refractivity contribution in [3.63, 3.8) is 0 Å². The predicted molar refractivity (Wildman–Crippen MR) is 173 cm³/mol. The molecule has 4 saturated carbocycles. The zero-order valence-electron chi connectivity index (χ0n) is 27.6. The number of ketones is 1. The van der Waals surface area contributed by atoms with Gasteiger partial charge in [-0.05, 0) is 120 Å². The van der Waals surface area contributed by atoms with Crippen LogP contribution in [0.2, 0.25) is 0 Å². The highest BCUT2D eigenvalue weighted by Gasteiger charge is 2.70. The number of hydrazine groups is 1. The topological polar surface area (TPSA) is 78.4 Å². The van der Waals surface area contributed by atoms with Crippen molar-refractivity contribution in [2.24, 2.45) is 50.2 Å². The van der Waals surface area contributed by atoms with E-state index in [0.717, 1.165) is 57.1 Å². The summed E-state index contributed by atoms with van der Waals surface area (Å²) in [5.74, 6) is 0.868. The van der Waals surface area contributed by atoms with Crippen LogP contribution < -0.4 is 10.9 Å². The number of nitrogens with one attached hydrogen (secondary N) is 2. The number of para-hydroxylation sites is 1. The van der Waals surface area contributed by atoms with Gasteiger partial charge in [0.05, 0.1) is 11.8 Å². The van der Waals surface area contributed by atoms with Crippen LogP contribution in [0.15, 0.2) is 54.1 Å². The number of rotatable bonds is 4. The van der Waals surface area contributed by atoms with Gasteiger partial charge in [0.2, 0.25) is 0 Å². The molecule has 0 aliphatic heterocycles. The molecule has 5 aliphatic rings. The van der Waals surface area contributed by atoms with E-state index in [-0.39, 0.29) is 50.4 Å². The van der Waals surface area contributed by atoms with Crippen LogP contribution in [0.3, 0.4) is 0 Å². The van der Waals surface area contributed by atoms with Crippen molar-refractivity contribution in [2.75, 3.05) is 5.43 Å². The average Bonchev–Trinajstić information content (AvgIpc) is 2.96. The van der Waals surface area contributed by atoms with Gasteiger partial charge in [-0.1, -0.05) is 78.3 Å². The summed E-state index contributed by atoms with van der Waals surface area (Å²) >= 11 is 0. The number of hydrogen-bond acceptors (Lipinski definition) is 4. The van der Waals surface area contributed by atoms with Crippen LogP contribution in [0, 0.1) is 50.2 Å². The third-order valence-corrected chi connectivity index (χ3v) is 14.3. The quantitative estimate of drug-likeness (QED) is 0.247. The minimum absolute atomic E-state index is 0.000637. The summed E-state index contributed by atoms with van der Waals surface area (Å²) < 4.78 is 0. The molecule has 3 N–H and O–H groups in total. The van der Waals surface area contributed by atoms with Crippen molar-refractivity contribution in [2.45, 2.75) is 112 Å². The maximum Gasteiger partial charge on any atom is 0.262 e. The first-order valence-electron chi connectivity index (χ1n) is 16.8. The van der Waals surface area contributed by atoms with Gasteiger partial charge >= 0.3 is 0 Å². The van der Waals surface area contributed by atoms with E-state index in [1.54, 1.807) is 6.08 Å². The number of allylic oxidation sites excluding steroid dienone is 3. The maximum atomic E-state index is 14.5. The molecule has 0 aromatic heterocycles. The fourth-order valence-corrected chi connectivity index (χ4v) is 11.3. The van der Waals surface area contributed by atoms with Crippen molar-refractivity contribution >= 4 is 17.4 Å². The minimum Gasteiger partial charge on any atom is -0.393 e. The summed E-state index contributed by atoms with van der Waals surface area (Å²) in [6.07, 6.45) is 14.9. The molecule has 0 spiro atoms. The zero-order valence-corrected chi connectivity index (χ0v) is 27.6. The third kappa shape index (κ3) is 4.58. The van der Waals surface area contributed by atoms with Gasteiger partial charge in [-0.2, -0.15) is 0 Å². The zero-order chi connectivity index (χ0) is 31.1. The number of aliphatic hydroxyl groups is 1. The summed E-state index contributed by atoms with van der Waals surface area (Å²) in [5.41, 5.74) is 7.72. The molecule has 43 heavy (non-hydrogen) atoms. The van der Waals surface area contributed by atoms with Crippen LogP contribution in [0.4, 0.5) is 5.69 Å². The van der Waals surface area contributed by atoms with Crippen LogP contribution >= 0.6 is 0 Å². The molecular formula is C38H54N2O3. The molecule has 0 saturated heterocycles. The number of benzene rings is 1. The first-order chi connectivity index (χ1) is 20.1. The summed E-state index contributed by atoms with van der Waals surface area (Å²) in [4.78, 5) is 27.3. The summed E-state index contributed by atoms with van der Waals surface area (Å²) in [6, 6.07) is 9.65. The highest BCUT2D eigenvalue weighted by Crippen LogP contribution is 2.75. The second kappa shape index (κ2) is 10.1. The molecule has 4 fully saturated rings. The molecule has 1 aromatic rings. The lowest BCUT2D eigenvalue weighted by molar-refractivity contribution is -0.202. The fourth-order valence-electron chi connectivity index (χ4n) is 11.3. The molecule has 6 rings (SSSR count). The molecule has 0 unspecified atom stereocenters. The van der Waals surface area contributed by atoms with Crippen molar-refractivity contribution in [1.82, 2.24) is 5.43 Å². The standard InChI is InChI=1S/C38H54N2O3/c1-33(2)29-13-18-38(7)32(36(29,5)17-14-30(33)42)28(41)23-26-27-24-34(3,19-20-35(27,4)21-22-37(26,38)6)16-15-31(43)40-39-25-11-9-8-10-12-25/h8-12,15-16,23,27,29-30,32,39,42H,13-14,17-22,24H2,1-7H3,(H,40,43)/b16-15+/t27-,29-,30-,32+,34-,35+,36-,37+,38+/m0/s1. The van der Waals surface area contributed by atoms with E-state index >= 15 is 0 Å². The molecule has 234 valence electrons. The Labute approximate surface area is 259 Å². The lowest BCUT2D eigenvalue weighted by atomic mass is 9.33. The van der Waals surface area contributed by atoms with Gasteiger partial charge in [-0.15, -0.1) is 0 Å². The van der Waals surface area contributed by atoms with Crippen LogP contribution in [0.25, 0.3) is 0 Å². The van der Waals surface area contributed by atoms with E-state index in [0.29, 0.717) is 17.6 Å². The molecule has 5 heteroatoms. The van der Waals surface area contributed by atoms with Crippen molar-refractivity contribution in [3.05, 3.63) is 54.1 Å². The lowest BCUT2D eigenvalue weighted by Crippen LogP contribution is -2.66. The number of carbonyl (C=O) groups excluding carboxylic acids is 2. The molecule has 1 aromatic carbocycles. The summed E-state index contributed by atoms with van der Waals surface area (Å²) in [5, 5.41) is 11.0. The predicted octanol–water partition coefficient (Wildman–Crippen LogP) is 8.03. The normalized spacial score (nSPS) is 45.2. The van der Waals surface area contributed by atoms with Gasteiger partial charge < -0.3 is 5.11 Å². The average molecular weight is 587 g/mol. The Hall–Kier alpha value is -2.40. The summed E-state index contributed by atoms with van der Waals surface area (Å²) in [6.45, 7) is 16.6. The van der Waals surface area contributed by atoms with Crippen molar-refractivity contribution in [1.29, 1.82) is 0 Å². The SMILES string of the molecule is CC1(C)[C@@H](O)CC[C@]2(C)[C@H]3C(=O)C=C4[C@@H]5C[C@@](C)(/C=C/C(=O)NNc6ccccc6)CC[C@]5(C)CC[C@@]4(C)[C@]3(C)CC[C@@H]12. The van der Waals surface area contributed by atoms with E-state index in [1.807, 2.05) is 30.3 Å². The number of hydrogen-bond donors (Lipinski definition) is 3. The second-order valence-electron chi connectivity index (χ2n) is 17.0. The van der Waals surface area contributed by atoms with Gasteiger partial charge in [-0.25, -0.2) is 0 Å². The smallest absolute Gasteiger partial charge is 0.262 e. The Balaban J connectivity index is 1.28. The molecule has 9 atom stereocenters. The highest BCUT2D eigenvalue weighted by molar-refractivity contribution is 5.95. The second-order valence-corrected chi connectivity index (χ2v) is 17.0. The van der Waals surface area contributed by atoms with Crippen LogP contribution in [0.1, 0.15) is 106 Å². The summed E-state index contributed by atoms with van der Waals surface area (Å²) in [7, 11) is 0. The van der Waals surface area contributed by atoms with Gasteiger partial charge in [-0.3, -0.25) is 20.4 Å². The molecule has 0 bridgehead atoms. The minimum atomic E-state index is -0.296. The lowest BCUT2D eigenvalue weighted by Gasteiger charge is -2.70. The van der Waals surface area contributed by atoms with Crippen molar-refractivity contribution in [3.8, 4) is 0 Å². The Morgan fingerprint density at radius 3 is 2.33 bits per heavy atom. The Morgan fingerprint density at radius 2 is 1.60 bits per heavy atom. The van der Waals surface area contributed by atoms with Gasteiger partial charge in [0, 0.05) is 12.0 Å². The van der Waals surface area contributed by atoms with E-state index in [4.69, 9.17) is 0 Å². The number of fused-ring (bicyclic) bond motifs is 7. The molecule has 0 radical (unpaired) electrons. The molecule has 5 nitrogen and oxygen atoms in total. The monoisotopic (exact) mass is 586 g/mol. The number of carbonyl (C=O) groups is 2. The van der Waals surface area contributed by atoms with E-state index in [2.05, 4.69) is 71.5 Å². The van der Waals surface area contributed by atoms with E-state index in [9.17, 15) is 14.7 Å². The largest absolute Gasteiger partial charge is 0.393 e. The molecule has 0 heterocycles. The number of aliphatic hydroxyl groups excluding tert-OH is 1. The van der Waals surface area contributed by atoms with Gasteiger partial charge in [0.25, 0.3) is 5.91 Å².